The second-order valence-electron chi connectivity index (χ2n) is 7.93. The van der Waals surface area contributed by atoms with Gasteiger partial charge in [0.1, 0.15) is 0 Å². The molecule has 32 heavy (non-hydrogen) atoms. The molecule has 0 saturated heterocycles. The molecule has 0 aliphatic rings. The van der Waals surface area contributed by atoms with Crippen LogP contribution in [0.15, 0.2) is 102 Å². The van der Waals surface area contributed by atoms with Crippen molar-refractivity contribution in [1.29, 1.82) is 0 Å². The summed E-state index contributed by atoms with van der Waals surface area (Å²) in [7, 11) is 0. The first-order chi connectivity index (χ1) is 15.7. The van der Waals surface area contributed by atoms with E-state index in [1.165, 1.54) is 22.0 Å². The van der Waals surface area contributed by atoms with Crippen LogP contribution in [0.3, 0.4) is 0 Å². The van der Waals surface area contributed by atoms with Crippen molar-refractivity contribution in [3.63, 3.8) is 0 Å². The third kappa shape index (κ3) is 4.14. The van der Waals surface area contributed by atoms with E-state index < -0.39 is 0 Å². The fraction of sp³-hybridized carbons (Fsp3) is 0.107. The van der Waals surface area contributed by atoms with Crippen molar-refractivity contribution in [2.45, 2.75) is 18.4 Å². The van der Waals surface area contributed by atoms with Gasteiger partial charge in [-0.2, -0.15) is 0 Å². The summed E-state index contributed by atoms with van der Waals surface area (Å²) in [6.45, 7) is 2.96. The summed E-state index contributed by atoms with van der Waals surface area (Å²) >= 11 is 1.59. The van der Waals surface area contributed by atoms with Crippen LogP contribution in [-0.4, -0.2) is 16.2 Å². The van der Waals surface area contributed by atoms with Gasteiger partial charge in [0.05, 0.1) is 5.75 Å². The first-order valence-electron chi connectivity index (χ1n) is 10.7. The Morgan fingerprint density at radius 3 is 2.44 bits per heavy atom. The topological polar surface area (TPSA) is 34.0 Å². The van der Waals surface area contributed by atoms with E-state index >= 15 is 0 Å². The van der Waals surface area contributed by atoms with Gasteiger partial charge in [0.15, 0.2) is 0 Å². The monoisotopic (exact) mass is 436 g/mol. The molecule has 3 nitrogen and oxygen atoms in total. The van der Waals surface area contributed by atoms with Crippen LogP contribution in [0.25, 0.3) is 21.7 Å². The second-order valence-corrected chi connectivity index (χ2v) is 8.95. The summed E-state index contributed by atoms with van der Waals surface area (Å²) in [6, 6.07) is 31.0. The minimum atomic E-state index is 0.00193. The van der Waals surface area contributed by atoms with E-state index in [0.29, 0.717) is 5.75 Å². The maximum atomic E-state index is 12.8. The summed E-state index contributed by atoms with van der Waals surface area (Å²) < 4.78 is 2.28. The molecule has 0 bridgehead atoms. The number of hydrogen-bond acceptors (Lipinski definition) is 2. The fourth-order valence-corrected chi connectivity index (χ4v) is 4.98. The number of hydrogen-bond donors (Lipinski definition) is 1. The lowest BCUT2D eigenvalue weighted by atomic mass is 10.1. The summed E-state index contributed by atoms with van der Waals surface area (Å²) in [4.78, 5) is 13.9. The number of nitrogens with zero attached hydrogens (tertiary/aromatic N) is 1. The molecule has 1 heterocycles. The molecule has 0 fully saturated rings. The van der Waals surface area contributed by atoms with Crippen molar-refractivity contribution < 1.29 is 4.79 Å². The van der Waals surface area contributed by atoms with Crippen LogP contribution in [0, 0.1) is 6.92 Å². The Morgan fingerprint density at radius 2 is 1.56 bits per heavy atom. The Labute approximate surface area is 192 Å². The highest BCUT2D eigenvalue weighted by Gasteiger charge is 2.12. The average Bonchev–Trinajstić information content (AvgIpc) is 3.17. The number of carbonyl (C=O) groups excluding carboxylic acids is 1. The zero-order chi connectivity index (χ0) is 21.9. The van der Waals surface area contributed by atoms with E-state index in [2.05, 4.69) is 83.7 Å². The van der Waals surface area contributed by atoms with E-state index in [-0.39, 0.29) is 5.91 Å². The van der Waals surface area contributed by atoms with Gasteiger partial charge < -0.3 is 9.88 Å². The number of fused-ring (bicyclic) bond motifs is 2. The zero-order valence-electron chi connectivity index (χ0n) is 17.9. The minimum Gasteiger partial charge on any atom is -0.342 e. The van der Waals surface area contributed by atoms with E-state index in [4.69, 9.17) is 0 Å². The number of nitrogens with one attached hydrogen (secondary N) is 1. The van der Waals surface area contributed by atoms with Gasteiger partial charge in [0, 0.05) is 39.6 Å². The summed E-state index contributed by atoms with van der Waals surface area (Å²) in [6.07, 6.45) is 2.17. The number of amides is 1. The quantitative estimate of drug-likeness (QED) is 0.294. The van der Waals surface area contributed by atoms with E-state index in [0.717, 1.165) is 27.9 Å². The van der Waals surface area contributed by atoms with Gasteiger partial charge in [-0.15, -0.1) is 11.8 Å². The minimum absolute atomic E-state index is 0.00193. The van der Waals surface area contributed by atoms with Gasteiger partial charge >= 0.3 is 0 Å². The predicted molar refractivity (Wildman–Crippen MR) is 136 cm³/mol. The number of aromatic nitrogens is 1. The molecule has 4 aromatic carbocycles. The molecule has 1 aromatic heterocycles. The van der Waals surface area contributed by atoms with Gasteiger partial charge in [-0.25, -0.2) is 0 Å². The smallest absolute Gasteiger partial charge is 0.234 e. The molecule has 0 spiro atoms. The van der Waals surface area contributed by atoms with Crippen molar-refractivity contribution in [3.8, 4) is 0 Å². The fourth-order valence-electron chi connectivity index (χ4n) is 4.09. The molecule has 0 saturated carbocycles. The Balaban J connectivity index is 1.35. The molecule has 4 heteroatoms. The largest absolute Gasteiger partial charge is 0.342 e. The predicted octanol–water partition coefficient (Wildman–Crippen LogP) is 6.88. The molecule has 5 aromatic rings. The van der Waals surface area contributed by atoms with Crippen molar-refractivity contribution in [2.24, 2.45) is 0 Å². The molecule has 1 amide bonds. The van der Waals surface area contributed by atoms with Crippen LogP contribution in [0.2, 0.25) is 0 Å². The SMILES string of the molecule is Cc1ccccc1Cn1cc(SCC(=O)Nc2cccc3ccccc23)c2ccccc21. The number of benzene rings is 4. The lowest BCUT2D eigenvalue weighted by molar-refractivity contribution is -0.113. The lowest BCUT2D eigenvalue weighted by Crippen LogP contribution is -2.14. The van der Waals surface area contributed by atoms with Crippen molar-refractivity contribution in [2.75, 3.05) is 11.1 Å². The first kappa shape index (κ1) is 20.4. The maximum Gasteiger partial charge on any atom is 0.234 e. The van der Waals surface area contributed by atoms with Crippen LogP contribution < -0.4 is 5.32 Å². The van der Waals surface area contributed by atoms with Crippen LogP contribution in [0.1, 0.15) is 11.1 Å². The second kappa shape index (κ2) is 8.93. The number of para-hydroxylation sites is 1. The Kier molecular flexibility index (Phi) is 5.70. The normalized spacial score (nSPS) is 11.2. The van der Waals surface area contributed by atoms with Crippen LogP contribution in [0.4, 0.5) is 5.69 Å². The van der Waals surface area contributed by atoms with Gasteiger partial charge in [-0.05, 0) is 35.6 Å². The number of anilines is 1. The summed E-state index contributed by atoms with van der Waals surface area (Å²) in [5, 5.41) is 6.46. The third-order valence-corrected chi connectivity index (χ3v) is 6.82. The average molecular weight is 437 g/mol. The highest BCUT2D eigenvalue weighted by atomic mass is 32.2. The van der Waals surface area contributed by atoms with Gasteiger partial charge in [-0.3, -0.25) is 4.79 Å². The molecule has 0 unspecified atom stereocenters. The number of thioether (sulfide) groups is 1. The van der Waals surface area contributed by atoms with E-state index in [1.54, 1.807) is 11.8 Å². The van der Waals surface area contributed by atoms with Crippen LogP contribution >= 0.6 is 11.8 Å². The molecule has 0 aliphatic carbocycles. The molecule has 0 aliphatic heterocycles. The van der Waals surface area contributed by atoms with Crippen molar-refractivity contribution >= 4 is 45.0 Å². The molecule has 1 N–H and O–H groups in total. The standard InChI is InChI=1S/C28H24N2OS/c1-20-9-2-3-11-22(20)17-30-18-27(24-14-6-7-16-26(24)30)32-19-28(31)29-25-15-8-12-21-10-4-5-13-23(21)25/h2-16,18H,17,19H2,1H3,(H,29,31). The third-order valence-electron chi connectivity index (χ3n) is 5.78. The van der Waals surface area contributed by atoms with Crippen molar-refractivity contribution in [3.05, 3.63) is 108 Å². The number of rotatable bonds is 6. The van der Waals surface area contributed by atoms with E-state index in [9.17, 15) is 4.79 Å². The van der Waals surface area contributed by atoms with Crippen LogP contribution in [0.5, 0.6) is 0 Å². The zero-order valence-corrected chi connectivity index (χ0v) is 18.7. The number of aryl methyl sites for hydroxylation is 1. The molecule has 0 atom stereocenters. The lowest BCUT2D eigenvalue weighted by Gasteiger charge is -2.08. The van der Waals surface area contributed by atoms with Gasteiger partial charge in [0.2, 0.25) is 5.91 Å². The van der Waals surface area contributed by atoms with Crippen LogP contribution in [-0.2, 0) is 11.3 Å². The molecule has 158 valence electrons. The summed E-state index contributed by atoms with van der Waals surface area (Å²) in [5.74, 6) is 0.365. The van der Waals surface area contributed by atoms with Gasteiger partial charge in [0.25, 0.3) is 0 Å². The molecule has 5 rings (SSSR count). The van der Waals surface area contributed by atoms with E-state index in [1.807, 2.05) is 30.3 Å². The van der Waals surface area contributed by atoms with Gasteiger partial charge in [-0.1, -0.05) is 78.9 Å². The number of carbonyl (C=O) groups is 1. The highest BCUT2D eigenvalue weighted by molar-refractivity contribution is 8.00. The maximum absolute atomic E-state index is 12.8. The molecule has 0 radical (unpaired) electrons. The Morgan fingerprint density at radius 1 is 0.844 bits per heavy atom. The van der Waals surface area contributed by atoms with Crippen molar-refractivity contribution in [1.82, 2.24) is 4.57 Å². The summed E-state index contributed by atoms with van der Waals surface area (Å²) in [5.41, 5.74) is 4.64. The Bertz CT molecular complexity index is 1410. The molecular weight excluding hydrogens is 412 g/mol. The Hall–Kier alpha value is -3.50. The highest BCUT2D eigenvalue weighted by Crippen LogP contribution is 2.31. The first-order valence-corrected chi connectivity index (χ1v) is 11.7. The molecular formula is C28H24N2OS.